The van der Waals surface area contributed by atoms with Gasteiger partial charge in [0.1, 0.15) is 0 Å². The Morgan fingerprint density at radius 3 is 2.00 bits per heavy atom. The fourth-order valence-electron chi connectivity index (χ4n) is 0.418. The summed E-state index contributed by atoms with van der Waals surface area (Å²) in [5.74, 6) is -1.50. The zero-order valence-corrected chi connectivity index (χ0v) is 6.05. The Hall–Kier alpha value is -0.880. The molecule has 58 valence electrons. The summed E-state index contributed by atoms with van der Waals surface area (Å²) < 4.78 is 20.2. The summed E-state index contributed by atoms with van der Waals surface area (Å²) in [6.45, 7) is 1.29. The maximum atomic E-state index is 10.1. The molecule has 0 saturated carbocycles. The molecular formula is C4H7NO4S. The summed E-state index contributed by atoms with van der Waals surface area (Å²) in [6.07, 6.45) is 0. The van der Waals surface area contributed by atoms with Crippen molar-refractivity contribution in [3.8, 4) is 0 Å². The van der Waals surface area contributed by atoms with E-state index in [1.54, 1.807) is 0 Å². The van der Waals surface area contributed by atoms with E-state index in [2.05, 4.69) is 0 Å². The minimum atomic E-state index is -2.72. The zero-order valence-electron chi connectivity index (χ0n) is 5.23. The lowest BCUT2D eigenvalue weighted by Crippen LogP contribution is -2.33. The van der Waals surface area contributed by atoms with Crippen LogP contribution in [-0.4, -0.2) is 30.4 Å². The van der Waals surface area contributed by atoms with Crippen LogP contribution in [0.25, 0.3) is 0 Å². The summed E-state index contributed by atoms with van der Waals surface area (Å²) >= 11 is 0. The van der Waals surface area contributed by atoms with Crippen LogP contribution in [0.2, 0.25) is 0 Å². The first-order valence-corrected chi connectivity index (χ1v) is 3.49. The van der Waals surface area contributed by atoms with Gasteiger partial charge >= 0.3 is 5.97 Å². The minimum absolute atomic E-state index is 0.694. The smallest absolute Gasteiger partial charge is 0.348 e. The molecule has 0 radical (unpaired) electrons. The van der Waals surface area contributed by atoms with Crippen molar-refractivity contribution < 1.29 is 18.3 Å². The average molecular weight is 165 g/mol. The van der Waals surface area contributed by atoms with Crippen LogP contribution in [0, 0.1) is 0 Å². The van der Waals surface area contributed by atoms with E-state index >= 15 is 0 Å². The van der Waals surface area contributed by atoms with Crippen LogP contribution in [0.4, 0.5) is 0 Å². The Kier molecular flexibility index (Phi) is 3.04. The summed E-state index contributed by atoms with van der Waals surface area (Å²) in [7, 11) is -2.72. The van der Waals surface area contributed by atoms with Gasteiger partial charge in [-0.05, 0) is 6.92 Å². The molecule has 0 aromatic carbocycles. The van der Waals surface area contributed by atoms with Gasteiger partial charge in [0.05, 0.1) is 0 Å². The molecule has 0 heterocycles. The summed E-state index contributed by atoms with van der Waals surface area (Å²) in [6, 6.07) is -0.962. The standard InChI is InChI=1S/C4H7NO4S/c1-2(5)3(4(6)7)10(8)9/h2H,5H2,1H3,(H,6,7). The van der Waals surface area contributed by atoms with Crippen molar-refractivity contribution in [2.75, 3.05) is 0 Å². The van der Waals surface area contributed by atoms with E-state index in [0.717, 1.165) is 0 Å². The Morgan fingerprint density at radius 2 is 2.00 bits per heavy atom. The molecule has 1 unspecified atom stereocenters. The van der Waals surface area contributed by atoms with Gasteiger partial charge in [-0.2, -0.15) is 8.42 Å². The molecule has 5 nitrogen and oxygen atoms in total. The van der Waals surface area contributed by atoms with E-state index < -0.39 is 27.2 Å². The molecule has 0 aliphatic carbocycles. The Bertz CT molecular complexity index is 255. The van der Waals surface area contributed by atoms with Gasteiger partial charge in [-0.1, -0.05) is 0 Å². The van der Waals surface area contributed by atoms with Gasteiger partial charge in [-0.25, -0.2) is 4.79 Å². The van der Waals surface area contributed by atoms with E-state index in [-0.39, 0.29) is 0 Å². The molecule has 0 aliphatic rings. The topological polar surface area (TPSA) is 97.5 Å². The summed E-state index contributed by atoms with van der Waals surface area (Å²) in [5.41, 5.74) is 5.03. The first kappa shape index (κ1) is 9.12. The average Bonchev–Trinajstić information content (AvgIpc) is 1.59. The van der Waals surface area contributed by atoms with Crippen LogP contribution >= 0.6 is 0 Å². The lowest BCUT2D eigenvalue weighted by Gasteiger charge is -1.97. The highest BCUT2D eigenvalue weighted by Crippen LogP contribution is 1.80. The first-order valence-electron chi connectivity index (χ1n) is 2.41. The number of rotatable bonds is 2. The van der Waals surface area contributed by atoms with Crippen molar-refractivity contribution in [2.24, 2.45) is 5.73 Å². The molecule has 3 N–H and O–H groups in total. The van der Waals surface area contributed by atoms with Crippen LogP contribution < -0.4 is 5.73 Å². The predicted molar refractivity (Wildman–Crippen MR) is 35.2 cm³/mol. The molecule has 0 amide bonds. The van der Waals surface area contributed by atoms with Crippen molar-refractivity contribution in [1.82, 2.24) is 0 Å². The van der Waals surface area contributed by atoms with Gasteiger partial charge in [-0.3, -0.25) is 0 Å². The normalized spacial score (nSPS) is 12.2. The molecule has 0 bridgehead atoms. The van der Waals surface area contributed by atoms with Gasteiger partial charge in [0.25, 0.3) is 0 Å². The van der Waals surface area contributed by atoms with Crippen LogP contribution in [0.15, 0.2) is 0 Å². The lowest BCUT2D eigenvalue weighted by atomic mass is 10.2. The molecule has 0 rings (SSSR count). The third kappa shape index (κ3) is 2.16. The maximum Gasteiger partial charge on any atom is 0.348 e. The number of carboxylic acids is 1. The van der Waals surface area contributed by atoms with Gasteiger partial charge in [0.15, 0.2) is 4.86 Å². The van der Waals surface area contributed by atoms with Crippen LogP contribution in [0.1, 0.15) is 6.92 Å². The molecule has 1 atom stereocenters. The van der Waals surface area contributed by atoms with Crippen molar-refractivity contribution in [1.29, 1.82) is 0 Å². The number of hydrogen-bond donors (Lipinski definition) is 2. The third-order valence-electron chi connectivity index (χ3n) is 0.804. The van der Waals surface area contributed by atoms with Crippen LogP contribution in [0.3, 0.4) is 0 Å². The van der Waals surface area contributed by atoms with Crippen molar-refractivity contribution in [2.45, 2.75) is 13.0 Å². The lowest BCUT2D eigenvalue weighted by molar-refractivity contribution is -0.129. The molecule has 0 aromatic heterocycles. The Balaban J connectivity index is 5.01. The molecule has 10 heavy (non-hydrogen) atoms. The fourth-order valence-corrected chi connectivity index (χ4v) is 0.864. The van der Waals surface area contributed by atoms with Gasteiger partial charge in [0, 0.05) is 6.04 Å². The number of carbonyl (C=O) groups is 1. The van der Waals surface area contributed by atoms with Crippen molar-refractivity contribution >= 4 is 21.1 Å². The SMILES string of the molecule is CC(N)C(C(=O)O)=S(=O)=O. The molecule has 0 aromatic rings. The Morgan fingerprint density at radius 1 is 1.60 bits per heavy atom. The highest BCUT2D eigenvalue weighted by atomic mass is 32.2. The zero-order chi connectivity index (χ0) is 8.31. The van der Waals surface area contributed by atoms with Crippen LogP contribution in [0.5, 0.6) is 0 Å². The van der Waals surface area contributed by atoms with E-state index in [1.807, 2.05) is 0 Å². The second kappa shape index (κ2) is 3.33. The maximum absolute atomic E-state index is 10.1. The van der Waals surface area contributed by atoms with Crippen molar-refractivity contribution in [3.05, 3.63) is 0 Å². The van der Waals surface area contributed by atoms with E-state index in [0.29, 0.717) is 0 Å². The van der Waals surface area contributed by atoms with Crippen molar-refractivity contribution in [3.63, 3.8) is 0 Å². The minimum Gasteiger partial charge on any atom is -0.477 e. The second-order valence-electron chi connectivity index (χ2n) is 1.69. The van der Waals surface area contributed by atoms with Gasteiger partial charge in [0.2, 0.25) is 10.3 Å². The second-order valence-corrected chi connectivity index (χ2v) is 2.60. The third-order valence-corrected chi connectivity index (χ3v) is 1.71. The molecular weight excluding hydrogens is 158 g/mol. The summed E-state index contributed by atoms with van der Waals surface area (Å²) in [4.78, 5) is 9.38. The van der Waals surface area contributed by atoms with Crippen LogP contribution in [-0.2, 0) is 15.1 Å². The molecule has 0 saturated heterocycles. The highest BCUT2D eigenvalue weighted by molar-refractivity contribution is 7.74. The van der Waals surface area contributed by atoms with Gasteiger partial charge in [-0.15, -0.1) is 0 Å². The number of hydrogen-bond acceptors (Lipinski definition) is 4. The molecule has 0 spiro atoms. The van der Waals surface area contributed by atoms with E-state index in [9.17, 15) is 13.2 Å². The quantitative estimate of drug-likeness (QED) is 0.484. The predicted octanol–water partition coefficient (Wildman–Crippen LogP) is -1.53. The molecule has 6 heteroatoms. The largest absolute Gasteiger partial charge is 0.477 e. The monoisotopic (exact) mass is 165 g/mol. The first-order chi connectivity index (χ1) is 4.46. The Labute approximate surface area is 59.0 Å². The molecule has 0 fully saturated rings. The fraction of sp³-hybridized carbons (Fsp3) is 0.500. The van der Waals surface area contributed by atoms with Gasteiger partial charge < -0.3 is 10.8 Å². The number of aliphatic carboxylic acids is 1. The molecule has 0 aliphatic heterocycles. The van der Waals surface area contributed by atoms with E-state index in [1.165, 1.54) is 6.92 Å². The number of carboxylic acid groups (broad SMARTS) is 1. The number of nitrogens with two attached hydrogens (primary N) is 1. The van der Waals surface area contributed by atoms with E-state index in [4.69, 9.17) is 10.8 Å². The summed E-state index contributed by atoms with van der Waals surface area (Å²) in [5, 5.41) is 8.20. The highest BCUT2D eigenvalue weighted by Gasteiger charge is 2.15.